The molecule has 0 radical (unpaired) electrons. The van der Waals surface area contributed by atoms with Crippen LogP contribution in [0.1, 0.15) is 25.0 Å². The highest BCUT2D eigenvalue weighted by atomic mass is 15.1. The normalized spacial score (nSPS) is 11.7. The van der Waals surface area contributed by atoms with Crippen molar-refractivity contribution >= 4 is 5.96 Å². The van der Waals surface area contributed by atoms with Crippen molar-refractivity contribution in [3.8, 4) is 0 Å². The first kappa shape index (κ1) is 16.2. The van der Waals surface area contributed by atoms with Crippen LogP contribution in [0.4, 0.5) is 0 Å². The number of nitrogens with zero attached hydrogens (tertiary/aromatic N) is 2. The molecule has 0 heterocycles. The van der Waals surface area contributed by atoms with Crippen molar-refractivity contribution in [2.75, 3.05) is 19.6 Å². The fraction of sp³-hybridized carbons (Fsp3) is 0.438. The first-order chi connectivity index (χ1) is 9.71. The number of guanidine groups is 1. The van der Waals surface area contributed by atoms with Crippen LogP contribution in [0.15, 0.2) is 41.9 Å². The Balaban J connectivity index is 2.72. The van der Waals surface area contributed by atoms with Crippen LogP contribution in [-0.4, -0.2) is 30.5 Å². The first-order valence-electron chi connectivity index (χ1n) is 7.15. The smallest absolute Gasteiger partial charge is 0.189 e. The van der Waals surface area contributed by atoms with Gasteiger partial charge in [0.05, 0.1) is 6.54 Å². The summed E-state index contributed by atoms with van der Waals surface area (Å²) in [6, 6.07) is 8.40. The third-order valence-electron chi connectivity index (χ3n) is 3.25. The number of nitrogens with one attached hydrogen (secondary N) is 1. The molecule has 0 fully saturated rings. The molecule has 4 heteroatoms. The molecule has 0 aliphatic carbocycles. The standard InChI is InChI=1S/C16H26N4/c1-4-11-18-16(17)19-12-14-9-7-8-10-15(14)13-20(5-2)6-3/h4,7-10H,1,5-6,11-13H2,2-3H3,(H3,17,18,19). The molecule has 1 aromatic carbocycles. The molecule has 0 saturated heterocycles. The van der Waals surface area contributed by atoms with E-state index >= 15 is 0 Å². The summed E-state index contributed by atoms with van der Waals surface area (Å²) < 4.78 is 0. The van der Waals surface area contributed by atoms with Crippen LogP contribution < -0.4 is 11.1 Å². The van der Waals surface area contributed by atoms with Gasteiger partial charge in [-0.25, -0.2) is 4.99 Å². The largest absolute Gasteiger partial charge is 0.370 e. The third kappa shape index (κ3) is 5.45. The van der Waals surface area contributed by atoms with E-state index in [4.69, 9.17) is 5.73 Å². The number of aliphatic imine (C=N–C) groups is 1. The van der Waals surface area contributed by atoms with Crippen molar-refractivity contribution in [2.45, 2.75) is 26.9 Å². The van der Waals surface area contributed by atoms with Crippen LogP contribution in [0.2, 0.25) is 0 Å². The van der Waals surface area contributed by atoms with Crippen molar-refractivity contribution in [1.29, 1.82) is 0 Å². The molecule has 4 nitrogen and oxygen atoms in total. The summed E-state index contributed by atoms with van der Waals surface area (Å²) in [5.74, 6) is 0.461. The molecule has 0 unspecified atom stereocenters. The molecule has 0 amide bonds. The zero-order chi connectivity index (χ0) is 14.8. The van der Waals surface area contributed by atoms with Gasteiger partial charge in [-0.05, 0) is 24.2 Å². The van der Waals surface area contributed by atoms with Crippen molar-refractivity contribution in [2.24, 2.45) is 10.7 Å². The predicted molar refractivity (Wildman–Crippen MR) is 86.6 cm³/mol. The molecular weight excluding hydrogens is 248 g/mol. The zero-order valence-corrected chi connectivity index (χ0v) is 12.6. The fourth-order valence-electron chi connectivity index (χ4n) is 1.96. The molecule has 1 rings (SSSR count). The van der Waals surface area contributed by atoms with E-state index in [-0.39, 0.29) is 0 Å². The van der Waals surface area contributed by atoms with Crippen LogP contribution in [0.25, 0.3) is 0 Å². The van der Waals surface area contributed by atoms with Crippen LogP contribution in [0, 0.1) is 0 Å². The number of benzene rings is 1. The molecule has 110 valence electrons. The minimum absolute atomic E-state index is 0.461. The number of rotatable bonds is 8. The second-order valence-electron chi connectivity index (χ2n) is 4.60. The van der Waals surface area contributed by atoms with Gasteiger partial charge in [0.15, 0.2) is 5.96 Å². The van der Waals surface area contributed by atoms with Crippen molar-refractivity contribution in [3.63, 3.8) is 0 Å². The van der Waals surface area contributed by atoms with Crippen LogP contribution in [0.3, 0.4) is 0 Å². The summed E-state index contributed by atoms with van der Waals surface area (Å²) in [4.78, 5) is 6.76. The molecule has 0 atom stereocenters. The molecule has 0 aliphatic heterocycles. The topological polar surface area (TPSA) is 53.6 Å². The van der Waals surface area contributed by atoms with Gasteiger partial charge in [-0.3, -0.25) is 4.90 Å². The molecule has 0 spiro atoms. The van der Waals surface area contributed by atoms with E-state index < -0.39 is 0 Å². The average molecular weight is 274 g/mol. The third-order valence-corrected chi connectivity index (χ3v) is 3.25. The molecule has 0 saturated carbocycles. The highest BCUT2D eigenvalue weighted by molar-refractivity contribution is 5.77. The SMILES string of the molecule is C=CCNC(N)=NCc1ccccc1CN(CC)CC. The van der Waals surface area contributed by atoms with Crippen molar-refractivity contribution in [3.05, 3.63) is 48.0 Å². The van der Waals surface area contributed by atoms with Gasteiger partial charge in [0.2, 0.25) is 0 Å². The van der Waals surface area contributed by atoms with Gasteiger partial charge in [-0.2, -0.15) is 0 Å². The first-order valence-corrected chi connectivity index (χ1v) is 7.15. The summed E-state index contributed by atoms with van der Waals surface area (Å²) in [7, 11) is 0. The van der Waals surface area contributed by atoms with E-state index in [1.165, 1.54) is 11.1 Å². The van der Waals surface area contributed by atoms with Crippen molar-refractivity contribution in [1.82, 2.24) is 10.2 Å². The lowest BCUT2D eigenvalue weighted by Gasteiger charge is -2.19. The maximum Gasteiger partial charge on any atom is 0.189 e. The highest BCUT2D eigenvalue weighted by Gasteiger charge is 2.05. The quantitative estimate of drug-likeness (QED) is 0.434. The lowest BCUT2D eigenvalue weighted by atomic mass is 10.1. The van der Waals surface area contributed by atoms with E-state index in [0.717, 1.165) is 19.6 Å². The Hall–Kier alpha value is -1.81. The Kier molecular flexibility index (Phi) is 7.43. The van der Waals surface area contributed by atoms with Crippen LogP contribution in [0.5, 0.6) is 0 Å². The van der Waals surface area contributed by atoms with E-state index in [0.29, 0.717) is 19.0 Å². The van der Waals surface area contributed by atoms with Gasteiger partial charge >= 0.3 is 0 Å². The van der Waals surface area contributed by atoms with Crippen LogP contribution in [-0.2, 0) is 13.1 Å². The molecule has 1 aromatic rings. The summed E-state index contributed by atoms with van der Waals surface area (Å²) in [6.45, 7) is 12.3. The van der Waals surface area contributed by atoms with Gasteiger partial charge in [-0.1, -0.05) is 44.2 Å². The molecule has 0 bridgehead atoms. The van der Waals surface area contributed by atoms with Gasteiger partial charge in [-0.15, -0.1) is 6.58 Å². The van der Waals surface area contributed by atoms with Gasteiger partial charge in [0, 0.05) is 13.1 Å². The Labute approximate surface area is 122 Å². The Bertz CT molecular complexity index is 436. The van der Waals surface area contributed by atoms with Crippen LogP contribution >= 0.6 is 0 Å². The molecule has 20 heavy (non-hydrogen) atoms. The zero-order valence-electron chi connectivity index (χ0n) is 12.6. The number of hydrogen-bond donors (Lipinski definition) is 2. The predicted octanol–water partition coefficient (Wildman–Crippen LogP) is 2.12. The Morgan fingerprint density at radius 3 is 2.55 bits per heavy atom. The Morgan fingerprint density at radius 2 is 1.95 bits per heavy atom. The summed E-state index contributed by atoms with van der Waals surface area (Å²) >= 11 is 0. The molecular formula is C16H26N4. The maximum atomic E-state index is 5.79. The van der Waals surface area contributed by atoms with Gasteiger partial charge < -0.3 is 11.1 Å². The lowest BCUT2D eigenvalue weighted by molar-refractivity contribution is 0.295. The highest BCUT2D eigenvalue weighted by Crippen LogP contribution is 2.12. The maximum absolute atomic E-state index is 5.79. The number of nitrogens with two attached hydrogens (primary N) is 1. The fourth-order valence-corrected chi connectivity index (χ4v) is 1.96. The minimum atomic E-state index is 0.461. The van der Waals surface area contributed by atoms with E-state index in [1.54, 1.807) is 6.08 Å². The lowest BCUT2D eigenvalue weighted by Crippen LogP contribution is -2.31. The van der Waals surface area contributed by atoms with Crippen molar-refractivity contribution < 1.29 is 0 Å². The monoisotopic (exact) mass is 274 g/mol. The average Bonchev–Trinajstić information content (AvgIpc) is 2.49. The molecule has 0 aromatic heterocycles. The number of hydrogen-bond acceptors (Lipinski definition) is 2. The van der Waals surface area contributed by atoms with E-state index in [2.05, 4.69) is 53.8 Å². The second-order valence-corrected chi connectivity index (χ2v) is 4.60. The summed E-state index contributed by atoms with van der Waals surface area (Å²) in [6.07, 6.45) is 1.76. The second kappa shape index (κ2) is 9.15. The molecule has 0 aliphatic rings. The van der Waals surface area contributed by atoms with E-state index in [9.17, 15) is 0 Å². The summed E-state index contributed by atoms with van der Waals surface area (Å²) in [5.41, 5.74) is 8.33. The van der Waals surface area contributed by atoms with E-state index in [1.807, 2.05) is 6.07 Å². The Morgan fingerprint density at radius 1 is 1.30 bits per heavy atom. The van der Waals surface area contributed by atoms with Gasteiger partial charge in [0.1, 0.15) is 0 Å². The molecule has 3 N–H and O–H groups in total. The minimum Gasteiger partial charge on any atom is -0.370 e. The summed E-state index contributed by atoms with van der Waals surface area (Å²) in [5, 5.41) is 2.98. The van der Waals surface area contributed by atoms with Gasteiger partial charge in [0.25, 0.3) is 0 Å².